The van der Waals surface area contributed by atoms with Crippen molar-refractivity contribution in [2.24, 2.45) is 5.11 Å². The summed E-state index contributed by atoms with van der Waals surface area (Å²) in [6.07, 6.45) is -3.89. The van der Waals surface area contributed by atoms with Crippen molar-refractivity contribution in [3.05, 3.63) is 71.1 Å². The second kappa shape index (κ2) is 20.7. The minimum atomic E-state index is -3.18. The highest BCUT2D eigenvalue weighted by molar-refractivity contribution is 6.99. The third kappa shape index (κ3) is 13.4. The minimum Gasteiger partial charge on any atom is -0.444 e. The summed E-state index contributed by atoms with van der Waals surface area (Å²) in [4.78, 5) is 18.8. The summed E-state index contributed by atoms with van der Waals surface area (Å²) in [5.41, 5.74) is 8.61. The number of amides is 1. The predicted octanol–water partition coefficient (Wildman–Crippen LogP) is 11.1. The van der Waals surface area contributed by atoms with Gasteiger partial charge in [0.2, 0.25) is 5.79 Å². The molecule has 0 bridgehead atoms. The molecule has 2 fully saturated rings. The second-order valence-electron chi connectivity index (χ2n) is 25.1. The van der Waals surface area contributed by atoms with E-state index in [1.165, 1.54) is 0 Å². The van der Waals surface area contributed by atoms with Crippen molar-refractivity contribution in [3.8, 4) is 11.8 Å². The third-order valence-electron chi connectivity index (χ3n) is 13.9. The lowest BCUT2D eigenvalue weighted by atomic mass is 9.91. The van der Waals surface area contributed by atoms with Crippen LogP contribution in [-0.4, -0.2) is 116 Å². The minimum absolute atomic E-state index is 0.00237. The molecule has 1 amide bonds. The number of carbonyl (C=O) groups is 1. The first-order chi connectivity index (χ1) is 30.8. The molecule has 0 saturated carbocycles. The summed E-state index contributed by atoms with van der Waals surface area (Å²) in [7, 11) is -10.9. The zero-order valence-electron chi connectivity index (χ0n) is 45.4. The van der Waals surface area contributed by atoms with Crippen molar-refractivity contribution in [1.29, 1.82) is 0 Å². The van der Waals surface area contributed by atoms with Crippen LogP contribution < -0.4 is 10.4 Å². The highest BCUT2D eigenvalue weighted by atomic mass is 28.4. The molecule has 0 spiro atoms. The van der Waals surface area contributed by atoms with E-state index in [2.05, 4.69) is 154 Å². The lowest BCUT2D eigenvalue weighted by Gasteiger charge is -2.54. The highest BCUT2D eigenvalue weighted by Crippen LogP contribution is 2.46. The quantitative estimate of drug-likeness (QED) is 0.0640. The molecule has 13 nitrogen and oxygen atoms in total. The topological polar surface area (TPSA) is 154 Å². The van der Waals surface area contributed by atoms with Gasteiger partial charge in [0.05, 0.1) is 37.6 Å². The molecule has 2 saturated heterocycles. The van der Waals surface area contributed by atoms with Crippen LogP contribution in [0.2, 0.25) is 60.9 Å². The maximum Gasteiger partial charge on any atom is 0.412 e. The highest BCUT2D eigenvalue weighted by Gasteiger charge is 2.60. The number of rotatable bonds is 14. The fourth-order valence-corrected chi connectivity index (χ4v) is 16.8. The molecule has 0 radical (unpaired) electrons. The zero-order chi connectivity index (χ0) is 51.7. The molecule has 2 aromatic carbocycles. The van der Waals surface area contributed by atoms with Gasteiger partial charge in [-0.25, -0.2) is 4.79 Å². The van der Waals surface area contributed by atoms with Crippen LogP contribution in [0.4, 0.5) is 4.79 Å². The predicted molar refractivity (Wildman–Crippen MR) is 283 cm³/mol. The van der Waals surface area contributed by atoms with Crippen molar-refractivity contribution in [2.75, 3.05) is 13.2 Å². The Labute approximate surface area is 413 Å². The number of nitrogens with zero attached hydrogens (tertiary/aromatic N) is 4. The van der Waals surface area contributed by atoms with E-state index in [0.29, 0.717) is 0 Å². The lowest BCUT2D eigenvalue weighted by molar-refractivity contribution is -0.279. The molecule has 7 atom stereocenters. The van der Waals surface area contributed by atoms with E-state index in [9.17, 15) is 15.4 Å². The van der Waals surface area contributed by atoms with Gasteiger partial charge in [0.15, 0.2) is 25.0 Å². The number of ether oxygens (including phenoxy) is 3. The van der Waals surface area contributed by atoms with Gasteiger partial charge in [-0.05, 0) is 117 Å². The summed E-state index contributed by atoms with van der Waals surface area (Å²) < 4.78 is 48.3. The van der Waals surface area contributed by atoms with Crippen LogP contribution in [0, 0.1) is 11.8 Å². The Morgan fingerprint density at radius 3 is 1.74 bits per heavy atom. The summed E-state index contributed by atoms with van der Waals surface area (Å²) >= 11 is 0. The van der Waals surface area contributed by atoms with Crippen LogP contribution in [0.5, 0.6) is 0 Å². The maximum atomic E-state index is 13.9. The van der Waals surface area contributed by atoms with Gasteiger partial charge in [-0.2, -0.15) is 0 Å². The molecular weight excluding hydrogens is 925 g/mol. The van der Waals surface area contributed by atoms with Gasteiger partial charge >= 0.3 is 6.09 Å². The Hall–Kier alpha value is -2.83. The molecule has 2 aromatic rings. The molecule has 4 rings (SSSR count). The van der Waals surface area contributed by atoms with Crippen LogP contribution >= 0.6 is 0 Å². The van der Waals surface area contributed by atoms with Gasteiger partial charge in [0.1, 0.15) is 23.5 Å². The molecule has 380 valence electrons. The van der Waals surface area contributed by atoms with E-state index in [-0.39, 0.29) is 34.7 Å². The second-order valence-corrected chi connectivity index (χ2v) is 43.4. The average Bonchev–Trinajstić information content (AvgIpc) is 3.50. The summed E-state index contributed by atoms with van der Waals surface area (Å²) in [6, 6.07) is 18.8. The molecule has 0 unspecified atom stereocenters. The molecule has 2 aliphatic heterocycles. The number of carbonyl (C=O) groups excluding carboxylic acids is 1. The average molecular weight is 1010 g/mol. The van der Waals surface area contributed by atoms with E-state index in [4.69, 9.17) is 31.9 Å². The van der Waals surface area contributed by atoms with Crippen LogP contribution in [-0.2, 0) is 31.9 Å². The summed E-state index contributed by atoms with van der Waals surface area (Å²) in [5.74, 6) is 3.94. The Morgan fingerprint density at radius 1 is 0.824 bits per heavy atom. The van der Waals surface area contributed by atoms with Crippen LogP contribution in [0.25, 0.3) is 10.4 Å². The Kier molecular flexibility index (Phi) is 17.6. The van der Waals surface area contributed by atoms with Crippen molar-refractivity contribution < 1.29 is 41.8 Å². The molecule has 17 heteroatoms. The Bertz CT molecular complexity index is 2090. The van der Waals surface area contributed by atoms with E-state index >= 15 is 0 Å². The van der Waals surface area contributed by atoms with Gasteiger partial charge < -0.3 is 37.0 Å². The van der Waals surface area contributed by atoms with Crippen molar-refractivity contribution >= 4 is 49.7 Å². The molecule has 2 heterocycles. The monoisotopic (exact) mass is 1010 g/mol. The van der Waals surface area contributed by atoms with E-state index < -0.39 is 93.0 Å². The normalized spacial score (nSPS) is 24.7. The van der Waals surface area contributed by atoms with Crippen LogP contribution in [0.3, 0.4) is 0 Å². The Morgan fingerprint density at radius 2 is 1.31 bits per heavy atom. The molecule has 0 aliphatic carbocycles. The van der Waals surface area contributed by atoms with Gasteiger partial charge in [0.25, 0.3) is 8.32 Å². The van der Waals surface area contributed by atoms with Crippen LogP contribution in [0.15, 0.2) is 65.8 Å². The van der Waals surface area contributed by atoms with E-state index in [1.54, 1.807) is 4.90 Å². The zero-order valence-corrected chi connectivity index (χ0v) is 49.4. The molecular formula is C51H86N4O9Si4. The first-order valence-corrected chi connectivity index (χ1v) is 35.3. The Balaban J connectivity index is 1.99. The summed E-state index contributed by atoms with van der Waals surface area (Å²) in [5, 5.41) is 18.8. The molecule has 2 aliphatic rings. The van der Waals surface area contributed by atoms with Gasteiger partial charge in [-0.1, -0.05) is 134 Å². The van der Waals surface area contributed by atoms with E-state index in [1.807, 2.05) is 71.0 Å². The number of benzene rings is 2. The molecule has 0 aromatic heterocycles. The molecule has 1 N–H and O–H groups in total. The third-order valence-corrected chi connectivity index (χ3v) is 28.8. The largest absolute Gasteiger partial charge is 0.444 e. The van der Waals surface area contributed by atoms with Gasteiger partial charge in [-0.3, -0.25) is 4.90 Å². The SMILES string of the molecule is CC(C)(C)OC(=O)N1[C@@H]([C@H](CC#C[C@]2(O)O[C@H](CO[Si](c3ccccc3)(c3ccccc3)C(C)(C)C)[C@H](O[Si](C)(C)C(C)(C)C)[C@H](O[Si](C)(C)C(C)(C)C)[C@H]2N=[N+]=[N-])O[Si](C)(C)C)COC1(C)C. The maximum absolute atomic E-state index is 13.9. The number of hydrogen-bond acceptors (Lipinski definition) is 10. The van der Waals surface area contributed by atoms with Crippen molar-refractivity contribution in [3.63, 3.8) is 0 Å². The molecule has 68 heavy (non-hydrogen) atoms. The van der Waals surface area contributed by atoms with Crippen LogP contribution in [0.1, 0.15) is 103 Å². The lowest BCUT2D eigenvalue weighted by Crippen LogP contribution is -2.71. The standard InChI is InChI=1S/C51H86N4O9Si4/c1-46(2,3)61-45(56)55-39(35-58-50(55,13)14)40(62-65(15,16)17)33-28-34-51(57)44(53-54-52)43(64-67(20,21)48(7,8)9)42(63-66(18,19)47(4,5)6)41(60-51)36-59-68(49(10,11)12,37-29-24-22-25-30-37)38-31-26-23-27-32-38/h22-27,29-32,39-44,57H,33,35-36H2,1-21H3/t39-,40+,41-,42+,43+,44-,51+/m1/s1. The van der Waals surface area contributed by atoms with E-state index in [0.717, 1.165) is 10.4 Å². The fourth-order valence-electron chi connectivity index (χ4n) is 8.45. The number of azide groups is 1. The van der Waals surface area contributed by atoms with Crippen molar-refractivity contribution in [1.82, 2.24) is 4.90 Å². The fraction of sp³-hybridized carbons (Fsp3) is 0.706. The summed E-state index contributed by atoms with van der Waals surface area (Å²) in [6.45, 7) is 43.8. The first-order valence-electron chi connectivity index (χ1n) is 24.2. The van der Waals surface area contributed by atoms with Crippen molar-refractivity contribution in [2.45, 2.75) is 218 Å². The number of aliphatic hydroxyl groups is 1. The number of hydrogen-bond donors (Lipinski definition) is 1. The van der Waals surface area contributed by atoms with Gasteiger partial charge in [0, 0.05) is 11.3 Å². The first kappa shape index (κ1) is 57.7. The smallest absolute Gasteiger partial charge is 0.412 e. The van der Waals surface area contributed by atoms with Gasteiger partial charge in [-0.15, -0.1) is 0 Å².